The zero-order chi connectivity index (χ0) is 20.1. The Bertz CT molecular complexity index is 1340. The Hall–Kier alpha value is -4.00. The minimum absolute atomic E-state index is 0.241. The molecule has 4 heterocycles. The molecule has 0 unspecified atom stereocenters. The molecule has 5 rings (SSSR count). The average Bonchev–Trinajstić information content (AvgIpc) is 3.23. The van der Waals surface area contributed by atoms with Gasteiger partial charge in [0.15, 0.2) is 0 Å². The lowest BCUT2D eigenvalue weighted by atomic mass is 9.98. The molecular formula is C22H18N6O. The molecule has 3 N–H and O–H groups in total. The topological polar surface area (TPSA) is 98.7 Å². The Morgan fingerprint density at radius 2 is 2.10 bits per heavy atom. The molecule has 1 atom stereocenters. The molecule has 1 amide bonds. The molecule has 1 aromatic carbocycles. The minimum atomic E-state index is -0.247. The van der Waals surface area contributed by atoms with E-state index in [-0.39, 0.29) is 11.9 Å². The summed E-state index contributed by atoms with van der Waals surface area (Å²) in [5.41, 5.74) is 11.3. The lowest BCUT2D eigenvalue weighted by Gasteiger charge is -2.13. The smallest absolute Gasteiger partial charge is 0.243 e. The molecule has 0 spiro atoms. The van der Waals surface area contributed by atoms with E-state index in [2.05, 4.69) is 39.5 Å². The Kier molecular flexibility index (Phi) is 3.70. The standard InChI is InChI=1S/C22H18N6O/c1-3-17(29)27-16-10-28-20(12(16)2)18(19-21(23)25-11-26-22(19)28)14-8-13-6-4-5-7-15(13)24-9-14/h3-9,11,16H,1-2,10H2,(H,27,29)(H2,23,25,26)/t16-/m0/s1. The predicted octanol–water partition coefficient (Wildman–Crippen LogP) is 2.93. The van der Waals surface area contributed by atoms with Crippen molar-refractivity contribution in [3.05, 3.63) is 67.8 Å². The van der Waals surface area contributed by atoms with Crippen LogP contribution in [0.4, 0.5) is 5.82 Å². The number of fused-ring (bicyclic) bond motifs is 4. The van der Waals surface area contributed by atoms with Crippen LogP contribution >= 0.6 is 0 Å². The number of carbonyl (C=O) groups excluding carboxylic acids is 1. The van der Waals surface area contributed by atoms with Crippen LogP contribution in [0.5, 0.6) is 0 Å². The number of para-hydroxylation sites is 1. The number of aromatic nitrogens is 4. The molecule has 3 aromatic heterocycles. The third-order valence-corrected chi connectivity index (χ3v) is 5.34. The van der Waals surface area contributed by atoms with Gasteiger partial charge in [0.2, 0.25) is 5.91 Å². The highest BCUT2D eigenvalue weighted by molar-refractivity contribution is 6.08. The van der Waals surface area contributed by atoms with Crippen molar-refractivity contribution in [2.75, 3.05) is 5.73 Å². The third-order valence-electron chi connectivity index (χ3n) is 5.34. The Morgan fingerprint density at radius 1 is 1.28 bits per heavy atom. The number of nitrogen functional groups attached to an aromatic ring is 1. The monoisotopic (exact) mass is 382 g/mol. The fourth-order valence-electron chi connectivity index (χ4n) is 4.01. The lowest BCUT2D eigenvalue weighted by Crippen LogP contribution is -2.33. The first-order chi connectivity index (χ1) is 14.1. The number of carbonyl (C=O) groups is 1. The van der Waals surface area contributed by atoms with Crippen LogP contribution in [0, 0.1) is 0 Å². The number of anilines is 1. The fourth-order valence-corrected chi connectivity index (χ4v) is 4.01. The number of rotatable bonds is 3. The number of amides is 1. The van der Waals surface area contributed by atoms with Crippen molar-refractivity contribution >= 4 is 39.2 Å². The quantitative estimate of drug-likeness (QED) is 0.531. The van der Waals surface area contributed by atoms with Gasteiger partial charge in [0.25, 0.3) is 0 Å². The first kappa shape index (κ1) is 17.1. The molecule has 0 aliphatic carbocycles. The van der Waals surface area contributed by atoms with E-state index in [1.807, 2.05) is 35.0 Å². The summed E-state index contributed by atoms with van der Waals surface area (Å²) in [7, 11) is 0. The summed E-state index contributed by atoms with van der Waals surface area (Å²) >= 11 is 0. The van der Waals surface area contributed by atoms with Crippen molar-refractivity contribution in [2.24, 2.45) is 0 Å². The van der Waals surface area contributed by atoms with Crippen LogP contribution in [-0.4, -0.2) is 31.5 Å². The molecule has 0 saturated carbocycles. The van der Waals surface area contributed by atoms with Crippen molar-refractivity contribution < 1.29 is 4.79 Å². The molecule has 0 bridgehead atoms. The van der Waals surface area contributed by atoms with E-state index in [0.29, 0.717) is 18.0 Å². The summed E-state index contributed by atoms with van der Waals surface area (Å²) < 4.78 is 2.04. The van der Waals surface area contributed by atoms with Gasteiger partial charge in [0.05, 0.1) is 22.6 Å². The molecule has 0 fully saturated rings. The zero-order valence-electron chi connectivity index (χ0n) is 15.6. The lowest BCUT2D eigenvalue weighted by molar-refractivity contribution is -0.116. The Morgan fingerprint density at radius 3 is 2.93 bits per heavy atom. The molecule has 7 nitrogen and oxygen atoms in total. The number of nitrogens with zero attached hydrogens (tertiary/aromatic N) is 4. The second kappa shape index (κ2) is 6.27. The number of pyridine rings is 1. The number of benzene rings is 1. The van der Waals surface area contributed by atoms with Crippen LogP contribution in [0.1, 0.15) is 5.69 Å². The van der Waals surface area contributed by atoms with E-state index in [4.69, 9.17) is 5.73 Å². The van der Waals surface area contributed by atoms with Gasteiger partial charge in [-0.15, -0.1) is 0 Å². The summed E-state index contributed by atoms with van der Waals surface area (Å²) in [5.74, 6) is 0.161. The third kappa shape index (κ3) is 2.51. The minimum Gasteiger partial charge on any atom is -0.383 e. The van der Waals surface area contributed by atoms with Crippen molar-refractivity contribution in [3.63, 3.8) is 0 Å². The Balaban J connectivity index is 1.77. The van der Waals surface area contributed by atoms with Crippen molar-refractivity contribution in [1.82, 2.24) is 24.8 Å². The van der Waals surface area contributed by atoms with Crippen molar-refractivity contribution in [1.29, 1.82) is 0 Å². The molecule has 7 heteroatoms. The van der Waals surface area contributed by atoms with Gasteiger partial charge in [-0.25, -0.2) is 9.97 Å². The molecule has 1 aliphatic heterocycles. The van der Waals surface area contributed by atoms with Crippen LogP contribution in [-0.2, 0) is 11.3 Å². The van der Waals surface area contributed by atoms with E-state index < -0.39 is 0 Å². The molecule has 4 aromatic rings. The highest BCUT2D eigenvalue weighted by atomic mass is 16.1. The van der Waals surface area contributed by atoms with Crippen LogP contribution in [0.15, 0.2) is 62.1 Å². The SMILES string of the molecule is C=CC(=O)N[C@H]1Cn2c(c(-c3cnc4ccccc4c3)c3c(N)ncnc32)C1=C. The largest absolute Gasteiger partial charge is 0.383 e. The fraction of sp³-hybridized carbons (Fsp3) is 0.0909. The number of hydrogen-bond acceptors (Lipinski definition) is 5. The van der Waals surface area contributed by atoms with Gasteiger partial charge in [0.1, 0.15) is 17.8 Å². The van der Waals surface area contributed by atoms with Crippen molar-refractivity contribution in [2.45, 2.75) is 12.6 Å². The van der Waals surface area contributed by atoms with Crippen LogP contribution in [0.25, 0.3) is 38.6 Å². The van der Waals surface area contributed by atoms with E-state index >= 15 is 0 Å². The summed E-state index contributed by atoms with van der Waals surface area (Å²) in [6.45, 7) is 8.30. The normalized spacial score (nSPS) is 15.6. The number of nitrogens with two attached hydrogens (primary N) is 1. The summed E-state index contributed by atoms with van der Waals surface area (Å²) in [4.78, 5) is 25.1. The molecule has 1 aliphatic rings. The first-order valence-electron chi connectivity index (χ1n) is 9.18. The van der Waals surface area contributed by atoms with Gasteiger partial charge >= 0.3 is 0 Å². The second-order valence-corrected chi connectivity index (χ2v) is 7.00. The number of nitrogens with one attached hydrogen (secondary N) is 1. The van der Waals surface area contributed by atoms with E-state index in [9.17, 15) is 4.79 Å². The van der Waals surface area contributed by atoms with Gasteiger partial charge in [-0.2, -0.15) is 0 Å². The predicted molar refractivity (Wildman–Crippen MR) is 114 cm³/mol. The van der Waals surface area contributed by atoms with Gasteiger partial charge < -0.3 is 15.6 Å². The summed E-state index contributed by atoms with van der Waals surface area (Å²) in [6.07, 6.45) is 4.53. The maximum absolute atomic E-state index is 11.9. The van der Waals surface area contributed by atoms with E-state index in [1.165, 1.54) is 12.4 Å². The highest BCUT2D eigenvalue weighted by Crippen LogP contribution is 2.43. The zero-order valence-corrected chi connectivity index (χ0v) is 15.6. The number of hydrogen-bond donors (Lipinski definition) is 2. The van der Waals surface area contributed by atoms with Gasteiger partial charge in [-0.1, -0.05) is 31.4 Å². The van der Waals surface area contributed by atoms with E-state index in [0.717, 1.165) is 38.7 Å². The molecule has 142 valence electrons. The summed E-state index contributed by atoms with van der Waals surface area (Å²) in [6, 6.07) is 9.76. The van der Waals surface area contributed by atoms with Gasteiger partial charge in [-0.05, 0) is 23.8 Å². The van der Waals surface area contributed by atoms with Crippen molar-refractivity contribution in [3.8, 4) is 11.1 Å². The highest BCUT2D eigenvalue weighted by Gasteiger charge is 2.34. The van der Waals surface area contributed by atoms with E-state index in [1.54, 1.807) is 0 Å². The maximum atomic E-state index is 11.9. The maximum Gasteiger partial charge on any atom is 0.243 e. The molecule has 0 saturated heterocycles. The Labute approximate surface area is 166 Å². The molecule has 29 heavy (non-hydrogen) atoms. The van der Waals surface area contributed by atoms with Gasteiger partial charge in [-0.3, -0.25) is 9.78 Å². The van der Waals surface area contributed by atoms with Crippen LogP contribution in [0.3, 0.4) is 0 Å². The van der Waals surface area contributed by atoms with Crippen LogP contribution in [0.2, 0.25) is 0 Å². The molecule has 0 radical (unpaired) electrons. The second-order valence-electron chi connectivity index (χ2n) is 7.00. The molecular weight excluding hydrogens is 364 g/mol. The summed E-state index contributed by atoms with van der Waals surface area (Å²) in [5, 5.41) is 4.73. The van der Waals surface area contributed by atoms with Crippen LogP contribution < -0.4 is 11.1 Å². The average molecular weight is 382 g/mol. The first-order valence-corrected chi connectivity index (χ1v) is 9.18. The van der Waals surface area contributed by atoms with Gasteiger partial charge in [0, 0.05) is 29.3 Å².